The number of nitrogens with zero attached hydrogens (tertiary/aromatic N) is 5. The Balaban J connectivity index is 1.67. The first-order valence-electron chi connectivity index (χ1n) is 6.84. The topological polar surface area (TPSA) is 84.3 Å². The van der Waals surface area contributed by atoms with Crippen molar-refractivity contribution in [2.24, 2.45) is 7.05 Å². The van der Waals surface area contributed by atoms with Gasteiger partial charge in [0.25, 0.3) is 5.82 Å². The van der Waals surface area contributed by atoms with Gasteiger partial charge in [-0.05, 0) is 18.6 Å². The molecule has 0 bridgehead atoms. The average molecular weight is 325 g/mol. The minimum atomic E-state index is -4.55. The summed E-state index contributed by atoms with van der Waals surface area (Å²) in [4.78, 5) is 7.77. The maximum Gasteiger partial charge on any atom is 0.453 e. The number of halogens is 3. The molecule has 0 aliphatic heterocycles. The number of nitrogens with one attached hydrogen (secondary N) is 2. The van der Waals surface area contributed by atoms with Crippen LogP contribution >= 0.6 is 0 Å². The number of hydrogen-bond donors (Lipinski definition) is 2. The predicted octanol–water partition coefficient (Wildman–Crippen LogP) is 1.96. The Morgan fingerprint density at radius 3 is 2.83 bits per heavy atom. The molecule has 0 saturated heterocycles. The predicted molar refractivity (Wildman–Crippen MR) is 75.1 cm³/mol. The molecule has 122 valence electrons. The quantitative estimate of drug-likeness (QED) is 0.766. The number of aromatic nitrogens is 6. The second-order valence-corrected chi connectivity index (χ2v) is 5.17. The van der Waals surface area contributed by atoms with Crippen molar-refractivity contribution in [2.75, 3.05) is 0 Å². The SMILES string of the molecule is CC(NCc1cnc2c(cnn2C)c1)c1nc(C(F)(F)F)n[nH]1. The summed E-state index contributed by atoms with van der Waals surface area (Å²) in [7, 11) is 1.80. The van der Waals surface area contributed by atoms with E-state index in [9.17, 15) is 13.2 Å². The molecule has 0 aliphatic rings. The largest absolute Gasteiger partial charge is 0.453 e. The molecule has 23 heavy (non-hydrogen) atoms. The van der Waals surface area contributed by atoms with Crippen molar-refractivity contribution >= 4 is 11.0 Å². The van der Waals surface area contributed by atoms with Crippen LogP contribution in [0.5, 0.6) is 0 Å². The van der Waals surface area contributed by atoms with E-state index in [0.717, 1.165) is 16.6 Å². The first-order chi connectivity index (χ1) is 10.8. The van der Waals surface area contributed by atoms with Crippen LogP contribution in [0.3, 0.4) is 0 Å². The number of pyridine rings is 1. The summed E-state index contributed by atoms with van der Waals surface area (Å²) in [6.45, 7) is 2.14. The third-order valence-electron chi connectivity index (χ3n) is 3.41. The van der Waals surface area contributed by atoms with Gasteiger partial charge >= 0.3 is 6.18 Å². The summed E-state index contributed by atoms with van der Waals surface area (Å²) >= 11 is 0. The second kappa shape index (κ2) is 5.61. The molecule has 0 aromatic carbocycles. The van der Waals surface area contributed by atoms with Gasteiger partial charge in [0.15, 0.2) is 5.65 Å². The number of aromatic amines is 1. The fraction of sp³-hybridized carbons (Fsp3) is 0.385. The number of H-pyrrole nitrogens is 1. The van der Waals surface area contributed by atoms with Crippen molar-refractivity contribution in [1.29, 1.82) is 0 Å². The summed E-state index contributed by atoms with van der Waals surface area (Å²) in [5.41, 5.74) is 1.67. The van der Waals surface area contributed by atoms with Crippen LogP contribution in [-0.2, 0) is 19.8 Å². The molecule has 1 unspecified atom stereocenters. The average Bonchev–Trinajstić information content (AvgIpc) is 3.12. The van der Waals surface area contributed by atoms with Gasteiger partial charge in [-0.25, -0.2) is 9.97 Å². The molecule has 3 aromatic heterocycles. The zero-order chi connectivity index (χ0) is 16.6. The Hall–Kier alpha value is -2.49. The molecule has 3 rings (SSSR count). The monoisotopic (exact) mass is 325 g/mol. The zero-order valence-electron chi connectivity index (χ0n) is 12.4. The molecule has 0 amide bonds. The Bertz CT molecular complexity index is 820. The van der Waals surface area contributed by atoms with Gasteiger partial charge in [0.2, 0.25) is 0 Å². The maximum absolute atomic E-state index is 12.5. The Morgan fingerprint density at radius 1 is 1.35 bits per heavy atom. The van der Waals surface area contributed by atoms with Crippen molar-refractivity contribution in [3.05, 3.63) is 35.7 Å². The Morgan fingerprint density at radius 2 is 2.13 bits per heavy atom. The number of aryl methyl sites for hydroxylation is 1. The molecular formula is C13H14F3N7. The van der Waals surface area contributed by atoms with E-state index in [0.29, 0.717) is 6.54 Å². The van der Waals surface area contributed by atoms with Crippen molar-refractivity contribution < 1.29 is 13.2 Å². The van der Waals surface area contributed by atoms with Crippen molar-refractivity contribution in [1.82, 2.24) is 35.3 Å². The van der Waals surface area contributed by atoms with Gasteiger partial charge in [-0.3, -0.25) is 9.78 Å². The van der Waals surface area contributed by atoms with Crippen molar-refractivity contribution in [3.63, 3.8) is 0 Å². The summed E-state index contributed by atoms with van der Waals surface area (Å²) in [6, 6.07) is 1.51. The summed E-state index contributed by atoms with van der Waals surface area (Å²) in [5, 5.41) is 13.6. The molecule has 0 spiro atoms. The normalized spacial score (nSPS) is 13.6. The first kappa shape index (κ1) is 15.4. The third kappa shape index (κ3) is 3.16. The van der Waals surface area contributed by atoms with Crippen LogP contribution < -0.4 is 5.32 Å². The first-order valence-corrected chi connectivity index (χ1v) is 6.84. The summed E-state index contributed by atoms with van der Waals surface area (Å²) < 4.78 is 39.1. The van der Waals surface area contributed by atoms with E-state index in [1.54, 1.807) is 31.0 Å². The standard InChI is InChI=1S/C13H14F3N7/c1-7(10-20-12(22-21-10)13(14,15)16)17-4-8-3-9-6-19-23(2)11(9)18-5-8/h3,5-7,17H,4H2,1-2H3,(H,20,21,22). The smallest absolute Gasteiger partial charge is 0.303 e. The molecule has 7 nitrogen and oxygen atoms in total. The van der Waals surface area contributed by atoms with Crippen LogP contribution in [0.1, 0.15) is 30.2 Å². The third-order valence-corrected chi connectivity index (χ3v) is 3.41. The fourth-order valence-corrected chi connectivity index (χ4v) is 2.15. The summed E-state index contributed by atoms with van der Waals surface area (Å²) in [5.74, 6) is -1.03. The van der Waals surface area contributed by atoms with Gasteiger partial charge in [-0.15, -0.1) is 5.10 Å². The highest BCUT2D eigenvalue weighted by molar-refractivity contribution is 5.74. The van der Waals surface area contributed by atoms with Gasteiger partial charge in [-0.2, -0.15) is 18.3 Å². The second-order valence-electron chi connectivity index (χ2n) is 5.17. The van der Waals surface area contributed by atoms with Crippen molar-refractivity contribution in [3.8, 4) is 0 Å². The molecule has 0 fully saturated rings. The van der Waals surface area contributed by atoms with E-state index in [4.69, 9.17) is 0 Å². The van der Waals surface area contributed by atoms with E-state index in [1.807, 2.05) is 6.07 Å². The lowest BCUT2D eigenvalue weighted by Crippen LogP contribution is -2.19. The Labute approximate surface area is 128 Å². The van der Waals surface area contributed by atoms with E-state index in [2.05, 4.69) is 30.6 Å². The fourth-order valence-electron chi connectivity index (χ4n) is 2.15. The highest BCUT2D eigenvalue weighted by Gasteiger charge is 2.36. The number of hydrogen-bond acceptors (Lipinski definition) is 5. The van der Waals surface area contributed by atoms with Gasteiger partial charge < -0.3 is 5.32 Å². The zero-order valence-corrected chi connectivity index (χ0v) is 12.4. The van der Waals surface area contributed by atoms with Gasteiger partial charge in [0.1, 0.15) is 5.82 Å². The molecule has 2 N–H and O–H groups in total. The van der Waals surface area contributed by atoms with E-state index in [-0.39, 0.29) is 5.82 Å². The highest BCUT2D eigenvalue weighted by Crippen LogP contribution is 2.26. The lowest BCUT2D eigenvalue weighted by molar-refractivity contribution is -0.144. The summed E-state index contributed by atoms with van der Waals surface area (Å²) in [6.07, 6.45) is -1.14. The number of rotatable bonds is 4. The minimum Gasteiger partial charge on any atom is -0.303 e. The van der Waals surface area contributed by atoms with Crippen molar-refractivity contribution in [2.45, 2.75) is 25.7 Å². The maximum atomic E-state index is 12.5. The van der Waals surface area contributed by atoms with Crippen LogP contribution in [0.15, 0.2) is 18.5 Å². The van der Waals surface area contributed by atoms with E-state index in [1.165, 1.54) is 0 Å². The van der Waals surface area contributed by atoms with Crippen LogP contribution in [0.2, 0.25) is 0 Å². The highest BCUT2D eigenvalue weighted by atomic mass is 19.4. The number of fused-ring (bicyclic) bond motifs is 1. The lowest BCUT2D eigenvalue weighted by atomic mass is 10.2. The van der Waals surface area contributed by atoms with Crippen LogP contribution in [0, 0.1) is 0 Å². The van der Waals surface area contributed by atoms with Crippen LogP contribution in [-0.4, -0.2) is 29.9 Å². The van der Waals surface area contributed by atoms with Gasteiger partial charge in [-0.1, -0.05) is 0 Å². The van der Waals surface area contributed by atoms with E-state index >= 15 is 0 Å². The molecule has 3 aromatic rings. The Kier molecular flexibility index (Phi) is 3.76. The lowest BCUT2D eigenvalue weighted by Gasteiger charge is -2.10. The van der Waals surface area contributed by atoms with Crippen LogP contribution in [0.25, 0.3) is 11.0 Å². The van der Waals surface area contributed by atoms with Gasteiger partial charge in [0, 0.05) is 25.2 Å². The number of alkyl halides is 3. The minimum absolute atomic E-state index is 0.132. The molecule has 10 heteroatoms. The molecule has 0 aliphatic carbocycles. The molecule has 3 heterocycles. The molecule has 0 saturated carbocycles. The van der Waals surface area contributed by atoms with E-state index < -0.39 is 18.0 Å². The molecule has 1 atom stereocenters. The van der Waals surface area contributed by atoms with Gasteiger partial charge in [0.05, 0.1) is 12.2 Å². The molecular weight excluding hydrogens is 311 g/mol. The van der Waals surface area contributed by atoms with Crippen LogP contribution in [0.4, 0.5) is 13.2 Å². The molecule has 0 radical (unpaired) electrons.